The fourth-order valence-corrected chi connectivity index (χ4v) is 2.69. The molecular formula is C14H25N3O4. The highest BCUT2D eigenvalue weighted by Gasteiger charge is 2.30. The maximum Gasteiger partial charge on any atom is 0.314 e. The Morgan fingerprint density at radius 2 is 1.81 bits per heavy atom. The molecular weight excluding hydrogens is 274 g/mol. The molecule has 1 aliphatic rings. The minimum atomic E-state index is -0.770. The van der Waals surface area contributed by atoms with Gasteiger partial charge in [0, 0.05) is 19.5 Å². The largest absolute Gasteiger partial charge is 0.481 e. The first-order valence-corrected chi connectivity index (χ1v) is 7.53. The van der Waals surface area contributed by atoms with E-state index in [-0.39, 0.29) is 23.8 Å². The van der Waals surface area contributed by atoms with E-state index in [1.54, 1.807) is 0 Å². The van der Waals surface area contributed by atoms with Gasteiger partial charge in [0.15, 0.2) is 0 Å². The van der Waals surface area contributed by atoms with Crippen molar-refractivity contribution in [3.63, 3.8) is 0 Å². The number of carboxylic acids is 1. The van der Waals surface area contributed by atoms with E-state index in [9.17, 15) is 14.4 Å². The summed E-state index contributed by atoms with van der Waals surface area (Å²) in [6, 6.07) is -0.288. The molecule has 0 radical (unpaired) electrons. The van der Waals surface area contributed by atoms with E-state index in [0.29, 0.717) is 38.8 Å². The highest BCUT2D eigenvalue weighted by atomic mass is 16.4. The van der Waals surface area contributed by atoms with Crippen LogP contribution in [0.15, 0.2) is 0 Å². The third kappa shape index (κ3) is 6.97. The van der Waals surface area contributed by atoms with Crippen molar-refractivity contribution in [1.82, 2.24) is 10.6 Å². The lowest BCUT2D eigenvalue weighted by Crippen LogP contribution is -2.42. The van der Waals surface area contributed by atoms with E-state index in [0.717, 1.165) is 19.3 Å². The Labute approximate surface area is 124 Å². The van der Waals surface area contributed by atoms with Gasteiger partial charge in [0.05, 0.1) is 5.92 Å². The molecule has 1 saturated carbocycles. The van der Waals surface area contributed by atoms with Crippen molar-refractivity contribution in [1.29, 1.82) is 0 Å². The Hall–Kier alpha value is -1.79. The zero-order valence-electron chi connectivity index (χ0n) is 12.3. The van der Waals surface area contributed by atoms with E-state index >= 15 is 0 Å². The molecule has 0 aromatic heterocycles. The molecule has 0 aliphatic heterocycles. The van der Waals surface area contributed by atoms with Gasteiger partial charge in [0.25, 0.3) is 0 Å². The molecule has 0 bridgehead atoms. The molecule has 1 fully saturated rings. The van der Waals surface area contributed by atoms with Crippen LogP contribution in [0.5, 0.6) is 0 Å². The van der Waals surface area contributed by atoms with E-state index < -0.39 is 5.97 Å². The molecule has 0 spiro atoms. The molecule has 0 heterocycles. The van der Waals surface area contributed by atoms with Gasteiger partial charge < -0.3 is 21.5 Å². The van der Waals surface area contributed by atoms with Gasteiger partial charge >= 0.3 is 12.0 Å². The SMILES string of the molecule is NC(=O)CCCCNC(=O)NCC1CCCCC1C(=O)O. The van der Waals surface area contributed by atoms with Crippen molar-refractivity contribution >= 4 is 17.9 Å². The van der Waals surface area contributed by atoms with Crippen LogP contribution in [0.1, 0.15) is 44.9 Å². The molecule has 120 valence electrons. The third-order valence-corrected chi connectivity index (χ3v) is 3.89. The number of rotatable bonds is 8. The number of aliphatic carboxylic acids is 1. The van der Waals surface area contributed by atoms with Gasteiger partial charge in [-0.2, -0.15) is 0 Å². The van der Waals surface area contributed by atoms with Crippen molar-refractivity contribution in [2.45, 2.75) is 44.9 Å². The predicted octanol–water partition coefficient (Wildman–Crippen LogP) is 0.832. The third-order valence-electron chi connectivity index (χ3n) is 3.89. The van der Waals surface area contributed by atoms with Crippen molar-refractivity contribution in [2.24, 2.45) is 17.6 Å². The molecule has 7 heteroatoms. The topological polar surface area (TPSA) is 122 Å². The quantitative estimate of drug-likeness (QED) is 0.496. The highest BCUT2D eigenvalue weighted by molar-refractivity contribution is 5.74. The number of primary amides is 1. The summed E-state index contributed by atoms with van der Waals surface area (Å²) in [6.07, 6.45) is 5.17. The van der Waals surface area contributed by atoms with Crippen molar-refractivity contribution in [3.8, 4) is 0 Å². The number of unbranched alkanes of at least 4 members (excludes halogenated alkanes) is 1. The van der Waals surface area contributed by atoms with Crippen LogP contribution in [0, 0.1) is 11.8 Å². The lowest BCUT2D eigenvalue weighted by Gasteiger charge is -2.28. The first-order chi connectivity index (χ1) is 10.0. The Bertz CT molecular complexity index is 373. The second-order valence-corrected chi connectivity index (χ2v) is 5.55. The van der Waals surface area contributed by atoms with Crippen molar-refractivity contribution < 1.29 is 19.5 Å². The van der Waals surface area contributed by atoms with Crippen LogP contribution >= 0.6 is 0 Å². The number of amides is 3. The summed E-state index contributed by atoms with van der Waals surface area (Å²) >= 11 is 0. The van der Waals surface area contributed by atoms with Crippen molar-refractivity contribution in [3.05, 3.63) is 0 Å². The Morgan fingerprint density at radius 1 is 1.10 bits per heavy atom. The summed E-state index contributed by atoms with van der Waals surface area (Å²) in [5.41, 5.74) is 5.02. The lowest BCUT2D eigenvalue weighted by molar-refractivity contribution is -0.144. The fourth-order valence-electron chi connectivity index (χ4n) is 2.69. The number of hydrogen-bond donors (Lipinski definition) is 4. The van der Waals surface area contributed by atoms with Crippen LogP contribution in [0.3, 0.4) is 0 Å². The summed E-state index contributed by atoms with van der Waals surface area (Å²) < 4.78 is 0. The van der Waals surface area contributed by atoms with Crippen LogP contribution in [0.4, 0.5) is 4.79 Å². The molecule has 0 aromatic carbocycles. The zero-order valence-corrected chi connectivity index (χ0v) is 12.3. The highest BCUT2D eigenvalue weighted by Crippen LogP contribution is 2.29. The van der Waals surface area contributed by atoms with Gasteiger partial charge in [0.1, 0.15) is 0 Å². The standard InChI is InChI=1S/C14H25N3O4/c15-12(18)7-3-4-8-16-14(21)17-9-10-5-1-2-6-11(10)13(19)20/h10-11H,1-9H2,(H2,15,18)(H,19,20)(H2,16,17,21). The minimum absolute atomic E-state index is 0.0110. The number of nitrogens with one attached hydrogen (secondary N) is 2. The molecule has 1 rings (SSSR count). The Balaban J connectivity index is 2.16. The number of carboxylic acid groups (broad SMARTS) is 1. The molecule has 7 nitrogen and oxygen atoms in total. The van der Waals surface area contributed by atoms with Gasteiger partial charge in [-0.3, -0.25) is 9.59 Å². The Kier molecular flexibility index (Phi) is 7.56. The van der Waals surface area contributed by atoms with Crippen LogP contribution in [0.2, 0.25) is 0 Å². The van der Waals surface area contributed by atoms with Crippen LogP contribution in [0.25, 0.3) is 0 Å². The van der Waals surface area contributed by atoms with Gasteiger partial charge in [-0.25, -0.2) is 4.79 Å². The first kappa shape index (κ1) is 17.3. The molecule has 1 aliphatic carbocycles. The monoisotopic (exact) mass is 299 g/mol. The molecule has 0 aromatic rings. The van der Waals surface area contributed by atoms with Crippen LogP contribution in [-0.2, 0) is 9.59 Å². The van der Waals surface area contributed by atoms with E-state index in [1.807, 2.05) is 0 Å². The van der Waals surface area contributed by atoms with Crippen molar-refractivity contribution in [2.75, 3.05) is 13.1 Å². The van der Waals surface area contributed by atoms with E-state index in [2.05, 4.69) is 10.6 Å². The second-order valence-electron chi connectivity index (χ2n) is 5.55. The summed E-state index contributed by atoms with van der Waals surface area (Å²) in [6.45, 7) is 0.871. The zero-order chi connectivity index (χ0) is 15.7. The average molecular weight is 299 g/mol. The first-order valence-electron chi connectivity index (χ1n) is 7.53. The summed E-state index contributed by atoms with van der Waals surface area (Å²) in [7, 11) is 0. The second kappa shape index (κ2) is 9.20. The molecule has 5 N–H and O–H groups in total. The normalized spacial score (nSPS) is 21.5. The van der Waals surface area contributed by atoms with E-state index in [1.165, 1.54) is 0 Å². The summed E-state index contributed by atoms with van der Waals surface area (Å²) in [4.78, 5) is 33.3. The summed E-state index contributed by atoms with van der Waals surface area (Å²) in [5, 5.41) is 14.6. The van der Waals surface area contributed by atoms with Crippen LogP contribution < -0.4 is 16.4 Å². The Morgan fingerprint density at radius 3 is 2.48 bits per heavy atom. The smallest absolute Gasteiger partial charge is 0.314 e. The molecule has 2 atom stereocenters. The molecule has 2 unspecified atom stereocenters. The summed E-state index contributed by atoms with van der Waals surface area (Å²) in [5.74, 6) is -1.45. The molecule has 0 saturated heterocycles. The number of carbonyl (C=O) groups excluding carboxylic acids is 2. The number of nitrogens with two attached hydrogens (primary N) is 1. The van der Waals surface area contributed by atoms with Gasteiger partial charge in [-0.05, 0) is 31.6 Å². The minimum Gasteiger partial charge on any atom is -0.481 e. The number of hydrogen-bond acceptors (Lipinski definition) is 3. The lowest BCUT2D eigenvalue weighted by atomic mass is 9.79. The van der Waals surface area contributed by atoms with Gasteiger partial charge in [-0.15, -0.1) is 0 Å². The maximum atomic E-state index is 11.6. The number of urea groups is 1. The molecule has 21 heavy (non-hydrogen) atoms. The van der Waals surface area contributed by atoms with Gasteiger partial charge in [0.2, 0.25) is 5.91 Å². The van der Waals surface area contributed by atoms with Gasteiger partial charge in [-0.1, -0.05) is 12.8 Å². The average Bonchev–Trinajstić information content (AvgIpc) is 2.44. The number of carbonyl (C=O) groups is 3. The van der Waals surface area contributed by atoms with Crippen LogP contribution in [-0.4, -0.2) is 36.1 Å². The maximum absolute atomic E-state index is 11.6. The fraction of sp³-hybridized carbons (Fsp3) is 0.786. The van der Waals surface area contributed by atoms with E-state index in [4.69, 9.17) is 10.8 Å². The molecule has 3 amide bonds. The predicted molar refractivity (Wildman–Crippen MR) is 77.5 cm³/mol.